The molecule has 0 unspecified atom stereocenters. The molecule has 0 bridgehead atoms. The first-order valence-electron chi connectivity index (χ1n) is 5.15. The highest BCUT2D eigenvalue weighted by Gasteiger charge is 2.28. The summed E-state index contributed by atoms with van der Waals surface area (Å²) in [6.45, 7) is 1.27. The number of rotatable bonds is 5. The number of carbonyl (C=O) groups excluding carboxylic acids is 1. The van der Waals surface area contributed by atoms with E-state index in [-0.39, 0.29) is 24.8 Å². The van der Waals surface area contributed by atoms with E-state index in [1.54, 1.807) is 12.0 Å². The first-order valence-corrected chi connectivity index (χ1v) is 5.15. The van der Waals surface area contributed by atoms with E-state index in [1.807, 2.05) is 0 Å². The van der Waals surface area contributed by atoms with Crippen LogP contribution < -0.4 is 0 Å². The third kappa shape index (κ3) is 3.51. The molecule has 1 aliphatic heterocycles. The molecule has 5 nitrogen and oxygen atoms in total. The van der Waals surface area contributed by atoms with Gasteiger partial charge in [-0.1, -0.05) is 0 Å². The fraction of sp³-hybridized carbons (Fsp3) is 0.800. The Morgan fingerprint density at radius 2 is 2.20 bits per heavy atom. The van der Waals surface area contributed by atoms with Gasteiger partial charge in [0, 0.05) is 20.1 Å². The minimum absolute atomic E-state index is 0.0723. The number of ether oxygens (including phenoxy) is 1. The Morgan fingerprint density at radius 3 is 2.80 bits per heavy atom. The lowest BCUT2D eigenvalue weighted by molar-refractivity contribution is -0.141. The zero-order valence-electron chi connectivity index (χ0n) is 8.94. The fourth-order valence-electron chi connectivity index (χ4n) is 1.89. The standard InChI is InChI=1S/C10H17NO4/c1-15-7-8-3-2-6-11(8)9(12)4-5-10(13)14/h8H,2-7H2,1H3,(H,13,14)/t8-/m1/s1. The molecule has 0 radical (unpaired) electrons. The van der Waals surface area contributed by atoms with Crippen LogP contribution >= 0.6 is 0 Å². The molecule has 15 heavy (non-hydrogen) atoms. The van der Waals surface area contributed by atoms with Crippen LogP contribution in [0.1, 0.15) is 25.7 Å². The molecule has 0 aromatic heterocycles. The zero-order valence-corrected chi connectivity index (χ0v) is 8.94. The van der Waals surface area contributed by atoms with E-state index in [0.717, 1.165) is 19.4 Å². The molecule has 0 saturated carbocycles. The summed E-state index contributed by atoms with van der Waals surface area (Å²) >= 11 is 0. The highest BCUT2D eigenvalue weighted by atomic mass is 16.5. The molecule has 1 N–H and O–H groups in total. The first-order chi connectivity index (χ1) is 7.15. The summed E-state index contributed by atoms with van der Waals surface area (Å²) in [5, 5.41) is 8.48. The van der Waals surface area contributed by atoms with Crippen LogP contribution in [0.2, 0.25) is 0 Å². The van der Waals surface area contributed by atoms with Gasteiger partial charge in [-0.2, -0.15) is 0 Å². The molecule has 5 heteroatoms. The van der Waals surface area contributed by atoms with E-state index in [1.165, 1.54) is 0 Å². The molecule has 1 fully saturated rings. The van der Waals surface area contributed by atoms with Gasteiger partial charge in [0.2, 0.25) is 5.91 Å². The van der Waals surface area contributed by atoms with Crippen LogP contribution in [0.3, 0.4) is 0 Å². The van der Waals surface area contributed by atoms with Gasteiger partial charge in [0.15, 0.2) is 0 Å². The van der Waals surface area contributed by atoms with E-state index < -0.39 is 5.97 Å². The van der Waals surface area contributed by atoms with Gasteiger partial charge >= 0.3 is 5.97 Å². The summed E-state index contributed by atoms with van der Waals surface area (Å²) in [6, 6.07) is 0.135. The van der Waals surface area contributed by atoms with Gasteiger partial charge < -0.3 is 14.7 Å². The lowest BCUT2D eigenvalue weighted by Crippen LogP contribution is -2.38. The first kappa shape index (κ1) is 12.0. The predicted octanol–water partition coefficient (Wildman–Crippen LogP) is 0.489. The Bertz CT molecular complexity index is 242. The number of nitrogens with zero attached hydrogens (tertiary/aromatic N) is 1. The second-order valence-corrected chi connectivity index (χ2v) is 3.73. The number of hydrogen-bond donors (Lipinski definition) is 1. The van der Waals surface area contributed by atoms with Crippen LogP contribution in [0, 0.1) is 0 Å². The van der Waals surface area contributed by atoms with Gasteiger partial charge in [-0.3, -0.25) is 9.59 Å². The summed E-state index contributed by atoms with van der Waals surface area (Å²) in [7, 11) is 1.61. The van der Waals surface area contributed by atoms with Crippen molar-refractivity contribution in [1.82, 2.24) is 4.90 Å². The molecular weight excluding hydrogens is 198 g/mol. The van der Waals surface area contributed by atoms with Crippen LogP contribution in [0.4, 0.5) is 0 Å². The quantitative estimate of drug-likeness (QED) is 0.724. The number of carboxylic acids is 1. The molecule has 86 valence electrons. The smallest absolute Gasteiger partial charge is 0.303 e. The minimum Gasteiger partial charge on any atom is -0.481 e. The Balaban J connectivity index is 2.40. The van der Waals surface area contributed by atoms with E-state index in [9.17, 15) is 9.59 Å². The number of carboxylic acid groups (broad SMARTS) is 1. The number of likely N-dealkylation sites (tertiary alicyclic amines) is 1. The van der Waals surface area contributed by atoms with Crippen molar-refractivity contribution in [2.75, 3.05) is 20.3 Å². The highest BCUT2D eigenvalue weighted by molar-refractivity contribution is 5.81. The molecule has 0 aromatic carbocycles. The average Bonchev–Trinajstić information content (AvgIpc) is 2.63. The highest BCUT2D eigenvalue weighted by Crippen LogP contribution is 2.18. The molecule has 0 spiro atoms. The van der Waals surface area contributed by atoms with Gasteiger partial charge in [-0.15, -0.1) is 0 Å². The topological polar surface area (TPSA) is 66.8 Å². The Labute approximate surface area is 89.0 Å². The van der Waals surface area contributed by atoms with E-state index >= 15 is 0 Å². The summed E-state index contributed by atoms with van der Waals surface area (Å²) in [5.41, 5.74) is 0. The summed E-state index contributed by atoms with van der Waals surface area (Å²) < 4.78 is 5.02. The van der Waals surface area contributed by atoms with Crippen LogP contribution in [0.15, 0.2) is 0 Å². The van der Waals surface area contributed by atoms with Gasteiger partial charge in [0.1, 0.15) is 0 Å². The maximum atomic E-state index is 11.6. The third-order valence-corrected chi connectivity index (χ3v) is 2.61. The maximum absolute atomic E-state index is 11.6. The number of aliphatic carboxylic acids is 1. The number of methoxy groups -OCH3 is 1. The van der Waals surface area contributed by atoms with Crippen molar-refractivity contribution >= 4 is 11.9 Å². The van der Waals surface area contributed by atoms with Crippen molar-refractivity contribution < 1.29 is 19.4 Å². The van der Waals surface area contributed by atoms with Crippen molar-refractivity contribution in [3.8, 4) is 0 Å². The van der Waals surface area contributed by atoms with E-state index in [4.69, 9.17) is 9.84 Å². The van der Waals surface area contributed by atoms with E-state index in [2.05, 4.69) is 0 Å². The summed E-state index contributed by atoms with van der Waals surface area (Å²) in [6.07, 6.45) is 1.93. The molecule has 1 aliphatic rings. The van der Waals surface area contributed by atoms with Crippen LogP contribution in [-0.4, -0.2) is 48.2 Å². The molecular formula is C10H17NO4. The van der Waals surface area contributed by atoms with Gasteiger partial charge in [-0.25, -0.2) is 0 Å². The van der Waals surface area contributed by atoms with Gasteiger partial charge in [-0.05, 0) is 12.8 Å². The third-order valence-electron chi connectivity index (χ3n) is 2.61. The lowest BCUT2D eigenvalue weighted by Gasteiger charge is -2.23. The average molecular weight is 215 g/mol. The van der Waals surface area contributed by atoms with Crippen molar-refractivity contribution in [2.24, 2.45) is 0 Å². The molecule has 0 aliphatic carbocycles. The molecule has 0 aromatic rings. The molecule has 1 amide bonds. The Hall–Kier alpha value is -1.10. The van der Waals surface area contributed by atoms with Gasteiger partial charge in [0.05, 0.1) is 19.1 Å². The van der Waals surface area contributed by atoms with E-state index in [0.29, 0.717) is 6.61 Å². The second-order valence-electron chi connectivity index (χ2n) is 3.73. The number of carbonyl (C=O) groups is 2. The molecule has 1 heterocycles. The fourth-order valence-corrected chi connectivity index (χ4v) is 1.89. The van der Waals surface area contributed by atoms with Crippen molar-refractivity contribution in [3.63, 3.8) is 0 Å². The van der Waals surface area contributed by atoms with Crippen molar-refractivity contribution in [2.45, 2.75) is 31.7 Å². The van der Waals surface area contributed by atoms with Crippen LogP contribution in [0.5, 0.6) is 0 Å². The molecule has 1 rings (SSSR count). The predicted molar refractivity (Wildman–Crippen MR) is 53.5 cm³/mol. The largest absolute Gasteiger partial charge is 0.481 e. The zero-order chi connectivity index (χ0) is 11.3. The summed E-state index contributed by atoms with van der Waals surface area (Å²) in [4.78, 5) is 23.7. The van der Waals surface area contributed by atoms with Crippen LogP contribution in [0.25, 0.3) is 0 Å². The minimum atomic E-state index is -0.925. The second kappa shape index (κ2) is 5.70. The number of hydrogen-bond acceptors (Lipinski definition) is 3. The Kier molecular flexibility index (Phi) is 4.55. The molecule has 1 saturated heterocycles. The van der Waals surface area contributed by atoms with Crippen molar-refractivity contribution in [1.29, 1.82) is 0 Å². The SMILES string of the molecule is COC[C@H]1CCCN1C(=O)CCC(=O)O. The monoisotopic (exact) mass is 215 g/mol. The molecule has 1 atom stereocenters. The Morgan fingerprint density at radius 1 is 1.47 bits per heavy atom. The van der Waals surface area contributed by atoms with Crippen molar-refractivity contribution in [3.05, 3.63) is 0 Å². The normalized spacial score (nSPS) is 20.6. The van der Waals surface area contributed by atoms with Gasteiger partial charge in [0.25, 0.3) is 0 Å². The van der Waals surface area contributed by atoms with Crippen LogP contribution in [-0.2, 0) is 14.3 Å². The summed E-state index contributed by atoms with van der Waals surface area (Å²) in [5.74, 6) is -0.997. The lowest BCUT2D eigenvalue weighted by atomic mass is 10.2. The maximum Gasteiger partial charge on any atom is 0.303 e. The number of amides is 1.